The quantitative estimate of drug-likeness (QED) is 0.609. The molecule has 0 radical (unpaired) electrons. The molecule has 0 saturated carbocycles. The van der Waals surface area contributed by atoms with Crippen LogP contribution in [-0.4, -0.2) is 36.4 Å². The van der Waals surface area contributed by atoms with Gasteiger partial charge in [-0.15, -0.1) is 10.2 Å². The third-order valence-electron chi connectivity index (χ3n) is 3.79. The van der Waals surface area contributed by atoms with Crippen LogP contribution in [-0.2, 0) is 0 Å². The van der Waals surface area contributed by atoms with Gasteiger partial charge in [-0.05, 0) is 56.3 Å². The van der Waals surface area contributed by atoms with Gasteiger partial charge in [-0.2, -0.15) is 0 Å². The van der Waals surface area contributed by atoms with Crippen LogP contribution < -0.4 is 19.5 Å². The van der Waals surface area contributed by atoms with Gasteiger partial charge in [-0.25, -0.2) is 0 Å². The smallest absolute Gasteiger partial charge is 0.257 e. The number of benzene rings is 2. The molecule has 7 nitrogen and oxygen atoms in total. The number of carbonyl (C=O) groups is 1. The van der Waals surface area contributed by atoms with Crippen molar-refractivity contribution in [2.24, 2.45) is 0 Å². The number of nitrogens with one attached hydrogen (secondary N) is 1. The number of anilines is 1. The molecule has 0 aliphatic rings. The lowest BCUT2D eigenvalue weighted by Gasteiger charge is -2.12. The number of aromatic nitrogens is 2. The Morgan fingerprint density at radius 3 is 2.39 bits per heavy atom. The highest BCUT2D eigenvalue weighted by molar-refractivity contribution is 7.18. The monoisotopic (exact) mass is 399 g/mol. The van der Waals surface area contributed by atoms with Crippen molar-refractivity contribution < 1.29 is 19.0 Å². The Morgan fingerprint density at radius 1 is 1.00 bits per heavy atom. The van der Waals surface area contributed by atoms with Crippen LogP contribution >= 0.6 is 11.3 Å². The summed E-state index contributed by atoms with van der Waals surface area (Å²) in [6.45, 7) is 4.77. The standard InChI is InChI=1S/C20H21N3O4S/c1-4-26-16-11-8-14(12-17(16)27-5-2)18(24)21-20-23-22-19(28-20)13-6-9-15(25-3)10-7-13/h6-12H,4-5H2,1-3H3,(H,21,23,24). The van der Waals surface area contributed by atoms with Crippen LogP contribution in [0.1, 0.15) is 24.2 Å². The van der Waals surface area contributed by atoms with E-state index in [0.29, 0.717) is 40.4 Å². The second-order valence-corrected chi connectivity index (χ2v) is 6.60. The molecular formula is C20H21N3O4S. The summed E-state index contributed by atoms with van der Waals surface area (Å²) < 4.78 is 16.2. The molecule has 0 fully saturated rings. The first-order chi connectivity index (χ1) is 13.6. The highest BCUT2D eigenvalue weighted by atomic mass is 32.1. The molecule has 28 heavy (non-hydrogen) atoms. The highest BCUT2D eigenvalue weighted by Crippen LogP contribution is 2.30. The van der Waals surface area contributed by atoms with Gasteiger partial charge in [0.05, 0.1) is 20.3 Å². The van der Waals surface area contributed by atoms with Gasteiger partial charge in [0.15, 0.2) is 11.5 Å². The van der Waals surface area contributed by atoms with E-state index in [1.54, 1.807) is 25.3 Å². The molecule has 3 aromatic rings. The number of amides is 1. The topological polar surface area (TPSA) is 82.6 Å². The summed E-state index contributed by atoms with van der Waals surface area (Å²) in [6.07, 6.45) is 0. The Morgan fingerprint density at radius 2 is 1.71 bits per heavy atom. The van der Waals surface area contributed by atoms with Crippen molar-refractivity contribution in [1.29, 1.82) is 0 Å². The zero-order chi connectivity index (χ0) is 19.9. The van der Waals surface area contributed by atoms with Crippen LogP contribution in [0.15, 0.2) is 42.5 Å². The zero-order valence-electron chi connectivity index (χ0n) is 15.9. The number of hydrogen-bond acceptors (Lipinski definition) is 7. The minimum absolute atomic E-state index is 0.290. The molecule has 0 bridgehead atoms. The van der Waals surface area contributed by atoms with E-state index >= 15 is 0 Å². The van der Waals surface area contributed by atoms with Crippen molar-refractivity contribution >= 4 is 22.4 Å². The molecule has 2 aromatic carbocycles. The number of rotatable bonds is 8. The maximum atomic E-state index is 12.6. The van der Waals surface area contributed by atoms with Crippen LogP contribution in [0.5, 0.6) is 17.2 Å². The highest BCUT2D eigenvalue weighted by Gasteiger charge is 2.14. The molecule has 1 aromatic heterocycles. The van der Waals surface area contributed by atoms with Crippen molar-refractivity contribution in [3.8, 4) is 27.8 Å². The van der Waals surface area contributed by atoms with Crippen LogP contribution in [0.3, 0.4) is 0 Å². The summed E-state index contributed by atoms with van der Waals surface area (Å²) in [4.78, 5) is 12.6. The van der Waals surface area contributed by atoms with Crippen LogP contribution in [0.2, 0.25) is 0 Å². The van der Waals surface area contributed by atoms with Crippen molar-refractivity contribution in [3.63, 3.8) is 0 Å². The van der Waals surface area contributed by atoms with Gasteiger partial charge in [0, 0.05) is 11.1 Å². The second kappa shape index (κ2) is 9.18. The van der Waals surface area contributed by atoms with E-state index in [4.69, 9.17) is 14.2 Å². The average Bonchev–Trinajstić information content (AvgIpc) is 3.18. The average molecular weight is 399 g/mol. The molecule has 0 atom stereocenters. The van der Waals surface area contributed by atoms with E-state index in [0.717, 1.165) is 11.3 Å². The normalized spacial score (nSPS) is 10.4. The van der Waals surface area contributed by atoms with Gasteiger partial charge in [0.1, 0.15) is 10.8 Å². The van der Waals surface area contributed by atoms with Crippen LogP contribution in [0.4, 0.5) is 5.13 Å². The first-order valence-corrected chi connectivity index (χ1v) is 9.65. The molecule has 1 heterocycles. The Kier molecular flexibility index (Phi) is 6.44. The van der Waals surface area contributed by atoms with Gasteiger partial charge in [-0.1, -0.05) is 11.3 Å². The third-order valence-corrected chi connectivity index (χ3v) is 4.68. The maximum absolute atomic E-state index is 12.6. The fraction of sp³-hybridized carbons (Fsp3) is 0.250. The van der Waals surface area contributed by atoms with E-state index < -0.39 is 0 Å². The number of methoxy groups -OCH3 is 1. The Bertz CT molecular complexity index is 941. The van der Waals surface area contributed by atoms with E-state index in [1.807, 2.05) is 38.1 Å². The minimum Gasteiger partial charge on any atom is -0.497 e. The number of carbonyl (C=O) groups excluding carboxylic acids is 1. The van der Waals surface area contributed by atoms with Gasteiger partial charge in [0.2, 0.25) is 5.13 Å². The summed E-state index contributed by atoms with van der Waals surface area (Å²) in [5, 5.41) is 12.1. The lowest BCUT2D eigenvalue weighted by Crippen LogP contribution is -2.12. The molecule has 3 rings (SSSR count). The largest absolute Gasteiger partial charge is 0.497 e. The Hall–Kier alpha value is -3.13. The zero-order valence-corrected chi connectivity index (χ0v) is 16.7. The maximum Gasteiger partial charge on any atom is 0.257 e. The molecule has 0 aliphatic carbocycles. The van der Waals surface area contributed by atoms with Gasteiger partial charge in [0.25, 0.3) is 5.91 Å². The molecule has 0 unspecified atom stereocenters. The first-order valence-electron chi connectivity index (χ1n) is 8.83. The van der Waals surface area contributed by atoms with Crippen LogP contribution in [0, 0.1) is 0 Å². The van der Waals surface area contributed by atoms with Gasteiger partial charge < -0.3 is 14.2 Å². The summed E-state index contributed by atoms with van der Waals surface area (Å²) in [5.41, 5.74) is 1.35. The fourth-order valence-corrected chi connectivity index (χ4v) is 3.23. The predicted molar refractivity (Wildman–Crippen MR) is 109 cm³/mol. The molecule has 0 saturated heterocycles. The van der Waals surface area contributed by atoms with Crippen molar-refractivity contribution in [1.82, 2.24) is 10.2 Å². The summed E-state index contributed by atoms with van der Waals surface area (Å²) >= 11 is 1.30. The molecular weight excluding hydrogens is 378 g/mol. The Balaban J connectivity index is 1.74. The molecule has 146 valence electrons. The van der Waals surface area contributed by atoms with Gasteiger partial charge in [-0.3, -0.25) is 10.1 Å². The van der Waals surface area contributed by atoms with E-state index in [-0.39, 0.29) is 5.91 Å². The molecule has 1 N–H and O–H groups in total. The first kappa shape index (κ1) is 19.6. The van der Waals surface area contributed by atoms with Gasteiger partial charge >= 0.3 is 0 Å². The van der Waals surface area contributed by atoms with E-state index in [9.17, 15) is 4.79 Å². The van der Waals surface area contributed by atoms with Crippen molar-refractivity contribution in [2.45, 2.75) is 13.8 Å². The van der Waals surface area contributed by atoms with E-state index in [2.05, 4.69) is 15.5 Å². The molecule has 0 aliphatic heterocycles. The van der Waals surface area contributed by atoms with E-state index in [1.165, 1.54) is 11.3 Å². The minimum atomic E-state index is -0.290. The molecule has 0 spiro atoms. The summed E-state index contributed by atoms with van der Waals surface area (Å²) in [7, 11) is 1.62. The predicted octanol–water partition coefficient (Wildman–Crippen LogP) is 4.26. The van der Waals surface area contributed by atoms with Crippen LogP contribution in [0.25, 0.3) is 10.6 Å². The van der Waals surface area contributed by atoms with Crippen molar-refractivity contribution in [2.75, 3.05) is 25.6 Å². The SMILES string of the molecule is CCOc1ccc(C(=O)Nc2nnc(-c3ccc(OC)cc3)s2)cc1OCC. The Labute approximate surface area is 167 Å². The number of ether oxygens (including phenoxy) is 3. The number of nitrogens with zero attached hydrogens (tertiary/aromatic N) is 2. The summed E-state index contributed by atoms with van der Waals surface area (Å²) in [6, 6.07) is 12.6. The second-order valence-electron chi connectivity index (χ2n) is 5.62. The third kappa shape index (κ3) is 4.58. The fourth-order valence-electron chi connectivity index (χ4n) is 2.49. The molecule has 8 heteroatoms. The lowest BCUT2D eigenvalue weighted by atomic mass is 10.2. The lowest BCUT2D eigenvalue weighted by molar-refractivity contribution is 0.102. The summed E-state index contributed by atoms with van der Waals surface area (Å²) in [5.74, 6) is 1.62. The molecule has 1 amide bonds. The van der Waals surface area contributed by atoms with Crippen molar-refractivity contribution in [3.05, 3.63) is 48.0 Å². The number of hydrogen-bond donors (Lipinski definition) is 1.